The average Bonchev–Trinajstić information content (AvgIpc) is 2.38. The molecule has 1 aromatic rings. The number of aromatic nitrogens is 2. The van der Waals surface area contributed by atoms with E-state index in [0.717, 1.165) is 12.2 Å². The van der Waals surface area contributed by atoms with Gasteiger partial charge in [0.1, 0.15) is 5.69 Å². The monoisotopic (exact) mass is 233 g/mol. The van der Waals surface area contributed by atoms with Crippen LogP contribution in [0.2, 0.25) is 0 Å². The molecule has 0 atom stereocenters. The van der Waals surface area contributed by atoms with Crippen LogP contribution in [0.3, 0.4) is 0 Å². The van der Waals surface area contributed by atoms with Gasteiger partial charge in [-0.2, -0.15) is 0 Å². The molecule has 0 saturated heterocycles. The summed E-state index contributed by atoms with van der Waals surface area (Å²) in [5.41, 5.74) is 1.24. The van der Waals surface area contributed by atoms with Gasteiger partial charge < -0.3 is 5.32 Å². The van der Waals surface area contributed by atoms with Crippen molar-refractivity contribution in [3.8, 4) is 0 Å². The van der Waals surface area contributed by atoms with E-state index in [1.54, 1.807) is 6.20 Å². The average molecular weight is 233 g/mol. The number of carbonyl (C=O) groups is 1. The van der Waals surface area contributed by atoms with Gasteiger partial charge in [-0.15, -0.1) is 0 Å². The lowest BCUT2D eigenvalue weighted by Gasteiger charge is -2.21. The number of nitrogens with zero attached hydrogens (tertiary/aromatic N) is 2. The van der Waals surface area contributed by atoms with Crippen molar-refractivity contribution in [2.45, 2.75) is 39.0 Å². The summed E-state index contributed by atoms with van der Waals surface area (Å²) in [7, 11) is 0. The second-order valence-electron chi connectivity index (χ2n) is 4.76. The molecule has 1 fully saturated rings. The fourth-order valence-electron chi connectivity index (χ4n) is 2.23. The molecule has 0 unspecified atom stereocenters. The first-order chi connectivity index (χ1) is 8.25. The molecule has 0 spiro atoms. The second-order valence-corrected chi connectivity index (χ2v) is 4.76. The van der Waals surface area contributed by atoms with Gasteiger partial charge in [0.25, 0.3) is 5.91 Å². The molecule has 17 heavy (non-hydrogen) atoms. The number of hydrogen-bond donors (Lipinski definition) is 1. The maximum atomic E-state index is 11.8. The highest BCUT2D eigenvalue weighted by Gasteiger charge is 2.15. The highest BCUT2D eigenvalue weighted by Crippen LogP contribution is 2.22. The maximum absolute atomic E-state index is 11.8. The van der Waals surface area contributed by atoms with Crippen molar-refractivity contribution in [3.05, 3.63) is 23.8 Å². The van der Waals surface area contributed by atoms with Crippen molar-refractivity contribution in [1.82, 2.24) is 15.3 Å². The van der Waals surface area contributed by atoms with Crippen LogP contribution in [0, 0.1) is 12.8 Å². The summed E-state index contributed by atoms with van der Waals surface area (Å²) < 4.78 is 0. The van der Waals surface area contributed by atoms with Crippen LogP contribution >= 0.6 is 0 Å². The molecule has 0 aromatic carbocycles. The third kappa shape index (κ3) is 3.51. The van der Waals surface area contributed by atoms with Crippen LogP contribution in [0.1, 0.15) is 48.3 Å². The summed E-state index contributed by atoms with van der Waals surface area (Å²) in [6.07, 6.45) is 9.56. The molecule has 1 N–H and O–H groups in total. The molecule has 0 bridgehead atoms. The lowest BCUT2D eigenvalue weighted by molar-refractivity contribution is 0.0938. The molecule has 4 heteroatoms. The standard InChI is InChI=1S/C13H19N3O/c1-10-7-15-12(9-14-10)13(17)16-8-11-5-3-2-4-6-11/h7,9,11H,2-6,8H2,1H3,(H,16,17). The van der Waals surface area contributed by atoms with Crippen LogP contribution in [0.15, 0.2) is 12.4 Å². The van der Waals surface area contributed by atoms with Crippen molar-refractivity contribution in [3.63, 3.8) is 0 Å². The molecule has 1 aromatic heterocycles. The molecular formula is C13H19N3O. The summed E-state index contributed by atoms with van der Waals surface area (Å²) in [4.78, 5) is 19.9. The lowest BCUT2D eigenvalue weighted by Crippen LogP contribution is -2.30. The first-order valence-corrected chi connectivity index (χ1v) is 6.32. The number of carbonyl (C=O) groups excluding carboxylic acids is 1. The SMILES string of the molecule is Cc1cnc(C(=O)NCC2CCCCC2)cn1. The zero-order valence-corrected chi connectivity index (χ0v) is 10.3. The molecule has 2 rings (SSSR count). The zero-order chi connectivity index (χ0) is 12.1. The van der Waals surface area contributed by atoms with E-state index in [0.29, 0.717) is 11.6 Å². The number of nitrogens with one attached hydrogen (secondary N) is 1. The fraction of sp³-hybridized carbons (Fsp3) is 0.615. The van der Waals surface area contributed by atoms with Gasteiger partial charge in [0, 0.05) is 12.7 Å². The Bertz CT molecular complexity index is 369. The molecule has 1 heterocycles. The van der Waals surface area contributed by atoms with Gasteiger partial charge in [0.2, 0.25) is 0 Å². The van der Waals surface area contributed by atoms with Crippen LogP contribution in [0.4, 0.5) is 0 Å². The van der Waals surface area contributed by atoms with Gasteiger partial charge in [-0.25, -0.2) is 4.98 Å². The van der Waals surface area contributed by atoms with Crippen LogP contribution < -0.4 is 5.32 Å². The molecule has 1 aliphatic carbocycles. The summed E-state index contributed by atoms with van der Waals surface area (Å²) >= 11 is 0. The Balaban J connectivity index is 1.82. The van der Waals surface area contributed by atoms with E-state index in [9.17, 15) is 4.79 Å². The Kier molecular flexibility index (Phi) is 4.07. The minimum absolute atomic E-state index is 0.108. The van der Waals surface area contributed by atoms with Crippen LogP contribution in [-0.4, -0.2) is 22.4 Å². The van der Waals surface area contributed by atoms with Gasteiger partial charge >= 0.3 is 0 Å². The highest BCUT2D eigenvalue weighted by molar-refractivity contribution is 5.91. The largest absolute Gasteiger partial charge is 0.350 e. The highest BCUT2D eigenvalue weighted by atomic mass is 16.1. The van der Waals surface area contributed by atoms with Gasteiger partial charge in [-0.3, -0.25) is 9.78 Å². The molecular weight excluding hydrogens is 214 g/mol. The van der Waals surface area contributed by atoms with Crippen LogP contribution in [0.5, 0.6) is 0 Å². The number of rotatable bonds is 3. The summed E-state index contributed by atoms with van der Waals surface area (Å²) in [6, 6.07) is 0. The molecule has 92 valence electrons. The quantitative estimate of drug-likeness (QED) is 0.869. The summed E-state index contributed by atoms with van der Waals surface area (Å²) in [5.74, 6) is 0.536. The molecule has 0 aliphatic heterocycles. The number of aryl methyl sites for hydroxylation is 1. The predicted molar refractivity (Wildman–Crippen MR) is 65.7 cm³/mol. The third-order valence-corrected chi connectivity index (χ3v) is 3.29. The smallest absolute Gasteiger partial charge is 0.271 e. The van der Waals surface area contributed by atoms with E-state index in [-0.39, 0.29) is 5.91 Å². The van der Waals surface area contributed by atoms with Crippen LogP contribution in [0.25, 0.3) is 0 Å². The van der Waals surface area contributed by atoms with Crippen molar-refractivity contribution < 1.29 is 4.79 Å². The topological polar surface area (TPSA) is 54.9 Å². The van der Waals surface area contributed by atoms with Crippen molar-refractivity contribution >= 4 is 5.91 Å². The number of hydrogen-bond acceptors (Lipinski definition) is 3. The van der Waals surface area contributed by atoms with E-state index >= 15 is 0 Å². The first kappa shape index (κ1) is 12.0. The predicted octanol–water partition coefficient (Wildman–Crippen LogP) is 2.10. The van der Waals surface area contributed by atoms with Gasteiger partial charge in [0.05, 0.1) is 11.9 Å². The van der Waals surface area contributed by atoms with Gasteiger partial charge in [-0.05, 0) is 25.7 Å². The normalized spacial score (nSPS) is 16.8. The van der Waals surface area contributed by atoms with E-state index in [1.807, 2.05) is 6.92 Å². The Morgan fingerprint density at radius 3 is 2.71 bits per heavy atom. The van der Waals surface area contributed by atoms with Crippen molar-refractivity contribution in [1.29, 1.82) is 0 Å². The Labute approximate surface area is 102 Å². The molecule has 1 saturated carbocycles. The van der Waals surface area contributed by atoms with Crippen molar-refractivity contribution in [2.24, 2.45) is 5.92 Å². The minimum atomic E-state index is -0.108. The molecule has 1 amide bonds. The van der Waals surface area contributed by atoms with Crippen molar-refractivity contribution in [2.75, 3.05) is 6.54 Å². The zero-order valence-electron chi connectivity index (χ0n) is 10.3. The van der Waals surface area contributed by atoms with E-state index < -0.39 is 0 Å². The Hall–Kier alpha value is -1.45. The Morgan fingerprint density at radius 2 is 2.06 bits per heavy atom. The van der Waals surface area contributed by atoms with E-state index in [2.05, 4.69) is 15.3 Å². The number of amides is 1. The lowest BCUT2D eigenvalue weighted by atomic mass is 9.89. The van der Waals surface area contributed by atoms with E-state index in [1.165, 1.54) is 38.3 Å². The van der Waals surface area contributed by atoms with Gasteiger partial charge in [0.15, 0.2) is 0 Å². The van der Waals surface area contributed by atoms with E-state index in [4.69, 9.17) is 0 Å². The summed E-state index contributed by atoms with van der Waals surface area (Å²) in [6.45, 7) is 2.63. The third-order valence-electron chi connectivity index (χ3n) is 3.29. The van der Waals surface area contributed by atoms with Gasteiger partial charge in [-0.1, -0.05) is 19.3 Å². The second kappa shape index (κ2) is 5.75. The first-order valence-electron chi connectivity index (χ1n) is 6.32. The maximum Gasteiger partial charge on any atom is 0.271 e. The minimum Gasteiger partial charge on any atom is -0.350 e. The molecule has 4 nitrogen and oxygen atoms in total. The molecule has 0 radical (unpaired) electrons. The van der Waals surface area contributed by atoms with Crippen LogP contribution in [-0.2, 0) is 0 Å². The summed E-state index contributed by atoms with van der Waals surface area (Å²) in [5, 5.41) is 2.95. The molecule has 1 aliphatic rings. The Morgan fingerprint density at radius 1 is 1.29 bits per heavy atom. The fourth-order valence-corrected chi connectivity index (χ4v) is 2.23.